The Morgan fingerprint density at radius 1 is 1.31 bits per heavy atom. The summed E-state index contributed by atoms with van der Waals surface area (Å²) in [6.45, 7) is 9.32. The molecule has 1 unspecified atom stereocenters. The Balaban J connectivity index is 0.000000660. The molecule has 0 aliphatic heterocycles. The number of primary amides is 1. The lowest BCUT2D eigenvalue weighted by atomic mass is 10.1. The fourth-order valence-corrected chi connectivity index (χ4v) is 3.23. The summed E-state index contributed by atoms with van der Waals surface area (Å²) in [6.07, 6.45) is 0.272. The number of rotatable bonds is 4. The van der Waals surface area contributed by atoms with E-state index >= 15 is 0 Å². The minimum atomic E-state index is -3.13. The summed E-state index contributed by atoms with van der Waals surface area (Å²) < 4.78 is 21.1. The first-order valence-corrected chi connectivity index (χ1v) is 10.4. The largest absolute Gasteiger partial charge is 0.444 e. The molecular formula is C17H28BrN3O4S. The molecule has 0 bridgehead atoms. The van der Waals surface area contributed by atoms with Crippen LogP contribution in [0.3, 0.4) is 0 Å². The summed E-state index contributed by atoms with van der Waals surface area (Å²) in [4.78, 5) is 22.0. The monoisotopic (exact) mass is 449 g/mol. The molecule has 0 radical (unpaired) electrons. The Bertz CT molecular complexity index is 736. The van der Waals surface area contributed by atoms with Gasteiger partial charge in [0.25, 0.3) is 5.91 Å². The molecule has 9 heteroatoms. The van der Waals surface area contributed by atoms with Crippen LogP contribution in [-0.2, 0) is 19.4 Å². The zero-order chi connectivity index (χ0) is 20.5. The smallest absolute Gasteiger partial charge is 0.405 e. The van der Waals surface area contributed by atoms with Gasteiger partial charge >= 0.3 is 6.09 Å². The molecule has 148 valence electrons. The van der Waals surface area contributed by atoms with Gasteiger partial charge < -0.3 is 10.5 Å². The summed E-state index contributed by atoms with van der Waals surface area (Å²) in [5.41, 5.74) is 4.26. The molecule has 0 aliphatic rings. The predicted octanol–water partition coefficient (Wildman–Crippen LogP) is 3.99. The molecule has 0 aliphatic carbocycles. The van der Waals surface area contributed by atoms with E-state index in [9.17, 15) is 13.8 Å². The van der Waals surface area contributed by atoms with Crippen LogP contribution in [0.25, 0.3) is 0 Å². The van der Waals surface area contributed by atoms with Crippen molar-refractivity contribution in [1.82, 2.24) is 0 Å². The van der Waals surface area contributed by atoms with E-state index in [0.717, 1.165) is 10.9 Å². The van der Waals surface area contributed by atoms with E-state index in [0.29, 0.717) is 10.8 Å². The molecule has 1 rings (SSSR count). The summed E-state index contributed by atoms with van der Waals surface area (Å²) in [5, 5.41) is 5.63. The lowest BCUT2D eigenvalue weighted by Crippen LogP contribution is -2.27. The highest BCUT2D eigenvalue weighted by atomic mass is 79.9. The molecule has 0 fully saturated rings. The minimum absolute atomic E-state index is 0.278. The molecule has 0 spiro atoms. The van der Waals surface area contributed by atoms with E-state index < -0.39 is 27.5 Å². The molecule has 4 N–H and O–H groups in total. The SMILES string of the molecule is CC(C)(C)OC(N)=O.CC(C)CCC(=O)N=S(N)(=O)c1cccc(Br)c1. The predicted molar refractivity (Wildman–Crippen MR) is 107 cm³/mol. The van der Waals surface area contributed by atoms with Gasteiger partial charge in [0.1, 0.15) is 15.5 Å². The number of nitrogens with two attached hydrogens (primary N) is 2. The van der Waals surface area contributed by atoms with Crippen LogP contribution in [0.1, 0.15) is 47.5 Å². The van der Waals surface area contributed by atoms with E-state index in [1.54, 1.807) is 45.0 Å². The second kappa shape index (κ2) is 10.6. The van der Waals surface area contributed by atoms with Gasteiger partial charge in [-0.1, -0.05) is 35.8 Å². The van der Waals surface area contributed by atoms with E-state index in [1.165, 1.54) is 0 Å². The van der Waals surface area contributed by atoms with Gasteiger partial charge in [0.05, 0.1) is 4.90 Å². The number of halogens is 1. The highest BCUT2D eigenvalue weighted by molar-refractivity contribution is 9.10. The van der Waals surface area contributed by atoms with Crippen molar-refractivity contribution in [2.75, 3.05) is 0 Å². The van der Waals surface area contributed by atoms with Gasteiger partial charge in [-0.15, -0.1) is 4.36 Å². The molecule has 0 saturated heterocycles. The Hall–Kier alpha value is -1.45. The molecule has 0 aromatic heterocycles. The van der Waals surface area contributed by atoms with Crippen LogP contribution >= 0.6 is 15.9 Å². The summed E-state index contributed by atoms with van der Waals surface area (Å²) in [5.74, 6) is 0.0000202. The highest BCUT2D eigenvalue weighted by Crippen LogP contribution is 2.16. The first-order chi connectivity index (χ1) is 11.7. The van der Waals surface area contributed by atoms with Gasteiger partial charge in [0, 0.05) is 10.9 Å². The van der Waals surface area contributed by atoms with Crippen LogP contribution in [0.5, 0.6) is 0 Å². The van der Waals surface area contributed by atoms with Crippen LogP contribution < -0.4 is 10.9 Å². The second-order valence-corrected chi connectivity index (χ2v) is 9.68. The Morgan fingerprint density at radius 2 is 1.88 bits per heavy atom. The number of nitrogens with zero attached hydrogens (tertiary/aromatic N) is 1. The van der Waals surface area contributed by atoms with Crippen LogP contribution in [0.4, 0.5) is 4.79 Å². The maximum Gasteiger partial charge on any atom is 0.405 e. The second-order valence-electron chi connectivity index (χ2n) is 6.98. The standard InChI is InChI=1S/C12H17BrN2O2S.C5H11NO2/c1-9(2)6-7-12(16)15-18(14,17)11-5-3-4-10(13)8-11;1-5(2,3)8-4(6)7/h3-5,8-9H,6-7H2,1-2H3,(H2,14,15,16,17);1-3H3,(H2,6,7). The third kappa shape index (κ3) is 12.0. The summed E-state index contributed by atoms with van der Waals surface area (Å²) in [6, 6.07) is 6.72. The van der Waals surface area contributed by atoms with Gasteiger partial charge in [-0.05, 0) is 51.3 Å². The zero-order valence-electron chi connectivity index (χ0n) is 15.8. The van der Waals surface area contributed by atoms with Crippen molar-refractivity contribution in [3.63, 3.8) is 0 Å². The Labute approximate surface area is 164 Å². The average Bonchev–Trinajstić information content (AvgIpc) is 2.42. The number of benzene rings is 1. The van der Waals surface area contributed by atoms with Crippen molar-refractivity contribution >= 4 is 37.8 Å². The third-order valence-corrected chi connectivity index (χ3v) is 4.61. The number of carbonyl (C=O) groups is 2. The Kier molecular flexibility index (Phi) is 10.0. The quantitative estimate of drug-likeness (QED) is 0.719. The van der Waals surface area contributed by atoms with Gasteiger partial charge in [0.15, 0.2) is 0 Å². The number of hydrogen-bond acceptors (Lipinski definition) is 4. The summed E-state index contributed by atoms with van der Waals surface area (Å²) >= 11 is 3.26. The molecule has 7 nitrogen and oxygen atoms in total. The molecule has 1 aromatic carbocycles. The minimum Gasteiger partial charge on any atom is -0.444 e. The van der Waals surface area contributed by atoms with Crippen LogP contribution in [0.2, 0.25) is 0 Å². The fourth-order valence-electron chi connectivity index (χ4n) is 1.61. The van der Waals surface area contributed by atoms with E-state index in [-0.39, 0.29) is 6.42 Å². The van der Waals surface area contributed by atoms with E-state index in [2.05, 4.69) is 25.0 Å². The van der Waals surface area contributed by atoms with Gasteiger partial charge in [-0.25, -0.2) is 14.1 Å². The lowest BCUT2D eigenvalue weighted by molar-refractivity contribution is -0.117. The van der Waals surface area contributed by atoms with Crippen LogP contribution in [-0.4, -0.2) is 21.8 Å². The molecule has 1 atom stereocenters. The van der Waals surface area contributed by atoms with Gasteiger partial charge in [-0.2, -0.15) is 0 Å². The zero-order valence-corrected chi connectivity index (χ0v) is 18.2. The number of amides is 2. The molecule has 26 heavy (non-hydrogen) atoms. The molecule has 1 aromatic rings. The third-order valence-electron chi connectivity index (χ3n) is 2.71. The van der Waals surface area contributed by atoms with E-state index in [4.69, 9.17) is 10.9 Å². The molecule has 2 amide bonds. The topological polar surface area (TPSA) is 125 Å². The van der Waals surface area contributed by atoms with Crippen molar-refractivity contribution in [3.05, 3.63) is 28.7 Å². The van der Waals surface area contributed by atoms with Crippen molar-refractivity contribution in [3.8, 4) is 0 Å². The molecular weight excluding hydrogens is 422 g/mol. The van der Waals surface area contributed by atoms with E-state index in [1.807, 2.05) is 13.8 Å². The average molecular weight is 450 g/mol. The maximum absolute atomic E-state index is 12.2. The van der Waals surface area contributed by atoms with Gasteiger partial charge in [-0.3, -0.25) is 4.79 Å². The normalized spacial score (nSPS) is 13.2. The van der Waals surface area contributed by atoms with Crippen LogP contribution in [0.15, 0.2) is 38.0 Å². The first-order valence-electron chi connectivity index (χ1n) is 8.04. The number of carbonyl (C=O) groups excluding carboxylic acids is 2. The van der Waals surface area contributed by atoms with Gasteiger partial charge in [0.2, 0.25) is 0 Å². The summed E-state index contributed by atoms with van der Waals surface area (Å²) in [7, 11) is -3.13. The van der Waals surface area contributed by atoms with Crippen LogP contribution in [0, 0.1) is 5.92 Å². The van der Waals surface area contributed by atoms with Crippen molar-refractivity contribution < 1.29 is 18.5 Å². The van der Waals surface area contributed by atoms with Crippen molar-refractivity contribution in [1.29, 1.82) is 0 Å². The highest BCUT2D eigenvalue weighted by Gasteiger charge is 2.12. The lowest BCUT2D eigenvalue weighted by Gasteiger charge is -2.16. The molecule has 0 saturated carbocycles. The fraction of sp³-hybridized carbons (Fsp3) is 0.529. The molecule has 0 heterocycles. The number of hydrogen-bond donors (Lipinski definition) is 2. The Morgan fingerprint density at radius 3 is 2.27 bits per heavy atom. The number of ether oxygens (including phenoxy) is 1. The van der Waals surface area contributed by atoms with Crippen molar-refractivity contribution in [2.45, 2.75) is 58.0 Å². The van der Waals surface area contributed by atoms with Crippen molar-refractivity contribution in [2.24, 2.45) is 21.2 Å². The first kappa shape index (κ1) is 24.6. The maximum atomic E-state index is 12.2.